The third kappa shape index (κ3) is 5.01. The van der Waals surface area contributed by atoms with Crippen LogP contribution in [-0.2, 0) is 9.53 Å². The van der Waals surface area contributed by atoms with Gasteiger partial charge in [0, 0.05) is 38.4 Å². The Bertz CT molecular complexity index is 361. The predicted molar refractivity (Wildman–Crippen MR) is 73.1 cm³/mol. The van der Waals surface area contributed by atoms with E-state index in [0.29, 0.717) is 31.3 Å². The molecule has 2 amide bonds. The van der Waals surface area contributed by atoms with Gasteiger partial charge >= 0.3 is 12.0 Å². The number of aliphatic carboxylic acids is 1. The third-order valence-corrected chi connectivity index (χ3v) is 3.69. The van der Waals surface area contributed by atoms with Gasteiger partial charge in [-0.1, -0.05) is 5.92 Å². The molecule has 0 radical (unpaired) electrons. The molecule has 6 nitrogen and oxygen atoms in total. The molecule has 0 unspecified atom stereocenters. The van der Waals surface area contributed by atoms with Crippen molar-refractivity contribution in [2.45, 2.75) is 18.4 Å². The smallest absolute Gasteiger partial charge is 0.329 e. The molecule has 0 aromatic carbocycles. The molecule has 0 atom stereocenters. The number of rotatable bonds is 6. The van der Waals surface area contributed by atoms with Crippen LogP contribution in [0.5, 0.6) is 0 Å². The van der Waals surface area contributed by atoms with Crippen molar-refractivity contribution in [2.75, 3.05) is 31.3 Å². The van der Waals surface area contributed by atoms with Gasteiger partial charge in [-0.25, -0.2) is 9.59 Å². The minimum atomic E-state index is -1.21. The molecule has 1 fully saturated rings. The van der Waals surface area contributed by atoms with Gasteiger partial charge in [0.25, 0.3) is 0 Å². The van der Waals surface area contributed by atoms with E-state index in [9.17, 15) is 14.7 Å². The lowest BCUT2D eigenvalue weighted by atomic mass is 9.90. The zero-order chi connectivity index (χ0) is 14.1. The Kier molecular flexibility index (Phi) is 6.53. The van der Waals surface area contributed by atoms with Gasteiger partial charge in [-0.15, -0.1) is 18.2 Å². The van der Waals surface area contributed by atoms with Crippen molar-refractivity contribution in [3.8, 4) is 12.3 Å². The van der Waals surface area contributed by atoms with Crippen molar-refractivity contribution in [3.05, 3.63) is 0 Å². The molecule has 1 saturated heterocycles. The van der Waals surface area contributed by atoms with E-state index in [1.54, 1.807) is 0 Å². The van der Waals surface area contributed by atoms with Gasteiger partial charge in [0.2, 0.25) is 0 Å². The normalized spacial score (nSPS) is 17.2. The molecule has 106 valence electrons. The zero-order valence-corrected chi connectivity index (χ0v) is 11.4. The van der Waals surface area contributed by atoms with Crippen LogP contribution in [-0.4, -0.2) is 53.9 Å². The Hall–Kier alpha value is -1.39. The number of nitrogens with one attached hydrogen (secondary N) is 2. The second kappa shape index (κ2) is 7.92. The molecule has 0 aromatic heterocycles. The van der Waals surface area contributed by atoms with Crippen molar-refractivity contribution in [3.63, 3.8) is 0 Å². The highest BCUT2D eigenvalue weighted by Crippen LogP contribution is 2.20. The van der Waals surface area contributed by atoms with Crippen LogP contribution in [0.15, 0.2) is 0 Å². The minimum absolute atomic E-state index is 0.279. The lowest BCUT2D eigenvalue weighted by molar-refractivity contribution is -0.148. The molecule has 1 rings (SSSR count). The standard InChI is InChI=1S/C12H18N2O4S/c1-2-8-19-9-5-13-11(17)14-12(10(15)16)3-6-18-7-4-12/h1H,3-9H2,(H,15,16)(H2,13,14,17). The van der Waals surface area contributed by atoms with E-state index in [1.807, 2.05) is 0 Å². The predicted octanol–water partition coefficient (Wildman–Crippen LogP) is 0.286. The van der Waals surface area contributed by atoms with Crippen LogP contribution in [0.25, 0.3) is 0 Å². The maximum Gasteiger partial charge on any atom is 0.329 e. The minimum Gasteiger partial charge on any atom is -0.480 e. The van der Waals surface area contributed by atoms with E-state index in [1.165, 1.54) is 11.8 Å². The Morgan fingerprint density at radius 2 is 2.11 bits per heavy atom. The van der Waals surface area contributed by atoms with Gasteiger partial charge < -0.3 is 20.5 Å². The summed E-state index contributed by atoms with van der Waals surface area (Å²) >= 11 is 1.53. The van der Waals surface area contributed by atoms with E-state index in [-0.39, 0.29) is 12.8 Å². The van der Waals surface area contributed by atoms with Crippen molar-refractivity contribution < 1.29 is 19.4 Å². The van der Waals surface area contributed by atoms with E-state index < -0.39 is 17.5 Å². The number of carbonyl (C=O) groups is 2. The Morgan fingerprint density at radius 3 is 2.68 bits per heavy atom. The number of urea groups is 1. The summed E-state index contributed by atoms with van der Waals surface area (Å²) in [6.07, 6.45) is 5.66. The first-order valence-corrected chi connectivity index (χ1v) is 7.14. The number of carboxylic acid groups (broad SMARTS) is 1. The highest BCUT2D eigenvalue weighted by atomic mass is 32.2. The van der Waals surface area contributed by atoms with E-state index >= 15 is 0 Å². The third-order valence-electron chi connectivity index (χ3n) is 2.83. The molecule has 3 N–H and O–H groups in total. The summed E-state index contributed by atoms with van der Waals surface area (Å²) in [4.78, 5) is 23.0. The summed E-state index contributed by atoms with van der Waals surface area (Å²) in [5.74, 6) is 2.76. The molecule has 1 aliphatic heterocycles. The van der Waals surface area contributed by atoms with Gasteiger partial charge in [-0.3, -0.25) is 0 Å². The molecular weight excluding hydrogens is 268 g/mol. The van der Waals surface area contributed by atoms with Crippen molar-refractivity contribution in [2.24, 2.45) is 0 Å². The number of hydrogen-bond donors (Lipinski definition) is 3. The molecule has 0 spiro atoms. The number of ether oxygens (including phenoxy) is 1. The van der Waals surface area contributed by atoms with Crippen LogP contribution in [0.3, 0.4) is 0 Å². The number of thioether (sulfide) groups is 1. The monoisotopic (exact) mass is 286 g/mol. The number of hydrogen-bond acceptors (Lipinski definition) is 4. The fourth-order valence-electron chi connectivity index (χ4n) is 1.74. The first-order chi connectivity index (χ1) is 9.10. The van der Waals surface area contributed by atoms with Crippen LogP contribution in [0.1, 0.15) is 12.8 Å². The summed E-state index contributed by atoms with van der Waals surface area (Å²) < 4.78 is 5.12. The second-order valence-corrected chi connectivity index (χ2v) is 5.24. The van der Waals surface area contributed by atoms with Crippen molar-refractivity contribution in [1.82, 2.24) is 10.6 Å². The average molecular weight is 286 g/mol. The number of carbonyl (C=O) groups excluding carboxylic acids is 1. The van der Waals surface area contributed by atoms with Crippen molar-refractivity contribution >= 4 is 23.8 Å². The molecule has 7 heteroatoms. The zero-order valence-electron chi connectivity index (χ0n) is 10.6. The van der Waals surface area contributed by atoms with Gasteiger partial charge in [-0.05, 0) is 0 Å². The molecule has 1 aliphatic rings. The molecule has 0 aliphatic carbocycles. The number of carboxylic acids is 1. The van der Waals surface area contributed by atoms with Crippen molar-refractivity contribution in [1.29, 1.82) is 0 Å². The topological polar surface area (TPSA) is 87.7 Å². The maximum atomic E-state index is 11.7. The fourth-order valence-corrected chi connectivity index (χ4v) is 2.25. The van der Waals surface area contributed by atoms with Crippen LogP contribution in [0.2, 0.25) is 0 Å². The quantitative estimate of drug-likeness (QED) is 0.482. The van der Waals surface area contributed by atoms with Gasteiger partial charge in [-0.2, -0.15) is 0 Å². The highest BCUT2D eigenvalue weighted by molar-refractivity contribution is 7.99. The highest BCUT2D eigenvalue weighted by Gasteiger charge is 2.41. The lowest BCUT2D eigenvalue weighted by Crippen LogP contribution is -2.59. The van der Waals surface area contributed by atoms with E-state index in [4.69, 9.17) is 11.2 Å². The molecule has 0 aromatic rings. The largest absolute Gasteiger partial charge is 0.480 e. The Balaban J connectivity index is 2.36. The first-order valence-electron chi connectivity index (χ1n) is 5.99. The fraction of sp³-hybridized carbons (Fsp3) is 0.667. The van der Waals surface area contributed by atoms with Crippen LogP contribution in [0.4, 0.5) is 4.79 Å². The van der Waals surface area contributed by atoms with E-state index in [0.717, 1.165) is 0 Å². The lowest BCUT2D eigenvalue weighted by Gasteiger charge is -2.33. The number of terminal acetylenes is 1. The van der Waals surface area contributed by atoms with Gasteiger partial charge in [0.05, 0.1) is 5.75 Å². The number of amides is 2. The summed E-state index contributed by atoms with van der Waals surface area (Å²) in [7, 11) is 0. The van der Waals surface area contributed by atoms with Crippen LogP contribution in [0, 0.1) is 12.3 Å². The Morgan fingerprint density at radius 1 is 1.42 bits per heavy atom. The van der Waals surface area contributed by atoms with E-state index in [2.05, 4.69) is 16.6 Å². The molecular formula is C12H18N2O4S. The average Bonchev–Trinajstić information content (AvgIpc) is 2.39. The summed E-state index contributed by atoms with van der Waals surface area (Å²) in [5, 5.41) is 14.4. The second-order valence-electron chi connectivity index (χ2n) is 4.14. The molecule has 0 saturated carbocycles. The molecule has 1 heterocycles. The SMILES string of the molecule is C#CCSCCNC(=O)NC1(C(=O)O)CCOCC1. The van der Waals surface area contributed by atoms with Crippen LogP contribution >= 0.6 is 11.8 Å². The van der Waals surface area contributed by atoms with Gasteiger partial charge in [0.15, 0.2) is 0 Å². The summed E-state index contributed by atoms with van der Waals surface area (Å²) in [6, 6.07) is -0.467. The summed E-state index contributed by atoms with van der Waals surface area (Å²) in [5.41, 5.74) is -1.21. The van der Waals surface area contributed by atoms with Gasteiger partial charge in [0.1, 0.15) is 5.54 Å². The first kappa shape index (κ1) is 15.7. The summed E-state index contributed by atoms with van der Waals surface area (Å²) in [6.45, 7) is 1.12. The molecule has 19 heavy (non-hydrogen) atoms. The molecule has 0 bridgehead atoms. The van der Waals surface area contributed by atoms with Crippen LogP contribution < -0.4 is 10.6 Å². The Labute approximate surface area is 116 Å². The maximum absolute atomic E-state index is 11.7.